The fraction of sp³-hybridized carbons (Fsp3) is 0.357. The van der Waals surface area contributed by atoms with Crippen molar-refractivity contribution in [3.05, 3.63) is 77.1 Å². The zero-order chi connectivity index (χ0) is 27.7. The van der Waals surface area contributed by atoms with E-state index in [0.717, 1.165) is 40.5 Å². The molecule has 11 heteroatoms. The predicted molar refractivity (Wildman–Crippen MR) is 153 cm³/mol. The van der Waals surface area contributed by atoms with Crippen LogP contribution in [0.3, 0.4) is 0 Å². The molecule has 0 spiro atoms. The monoisotopic (exact) mass is 552 g/mol. The van der Waals surface area contributed by atoms with Gasteiger partial charge in [-0.3, -0.25) is 10.2 Å². The minimum absolute atomic E-state index is 0.162. The number of nitrogens with zero attached hydrogens (tertiary/aromatic N) is 4. The first-order chi connectivity index (χ1) is 18.8. The highest BCUT2D eigenvalue weighted by atomic mass is 32.2. The van der Waals surface area contributed by atoms with Gasteiger partial charge in [-0.15, -0.1) is 0 Å². The summed E-state index contributed by atoms with van der Waals surface area (Å²) in [4.78, 5) is 16.5. The van der Waals surface area contributed by atoms with Crippen LogP contribution < -0.4 is 25.9 Å². The lowest BCUT2D eigenvalue weighted by Crippen LogP contribution is -2.50. The Morgan fingerprint density at radius 2 is 1.82 bits per heavy atom. The van der Waals surface area contributed by atoms with Gasteiger partial charge in [0.25, 0.3) is 0 Å². The van der Waals surface area contributed by atoms with Crippen molar-refractivity contribution >= 4 is 33.6 Å². The lowest BCUT2D eigenvalue weighted by atomic mass is 10.2. The number of hydrogen-bond acceptors (Lipinski definition) is 10. The van der Waals surface area contributed by atoms with E-state index in [1.807, 2.05) is 78.8 Å². The Hall–Kier alpha value is -3.51. The Morgan fingerprint density at radius 3 is 2.54 bits per heavy atom. The van der Waals surface area contributed by atoms with Crippen molar-refractivity contribution in [2.75, 3.05) is 51.1 Å². The number of fused-ring (bicyclic) bond motifs is 1. The van der Waals surface area contributed by atoms with Crippen LogP contribution >= 0.6 is 0 Å². The van der Waals surface area contributed by atoms with Crippen molar-refractivity contribution in [3.8, 4) is 5.75 Å². The molecule has 2 aromatic carbocycles. The van der Waals surface area contributed by atoms with Gasteiger partial charge in [0, 0.05) is 23.7 Å². The van der Waals surface area contributed by atoms with E-state index < -0.39 is 9.84 Å². The number of hydroxylamine groups is 2. The number of sulfone groups is 1. The molecule has 10 nitrogen and oxygen atoms in total. The molecule has 3 aromatic rings. The number of hydrogen-bond donors (Lipinski definition) is 2. The van der Waals surface area contributed by atoms with Gasteiger partial charge < -0.3 is 15.0 Å². The Kier molecular flexibility index (Phi) is 9.88. The molecule has 39 heavy (non-hydrogen) atoms. The normalized spacial score (nSPS) is 14.9. The number of anilines is 2. The van der Waals surface area contributed by atoms with Gasteiger partial charge in [0.2, 0.25) is 0 Å². The molecule has 1 atom stereocenters. The summed E-state index contributed by atoms with van der Waals surface area (Å²) in [6.07, 6.45) is 7.30. The van der Waals surface area contributed by atoms with E-state index in [1.165, 1.54) is 12.6 Å². The molecule has 208 valence electrons. The van der Waals surface area contributed by atoms with E-state index >= 15 is 0 Å². The highest BCUT2D eigenvalue weighted by Crippen LogP contribution is 2.19. The molecule has 0 radical (unpaired) electrons. The van der Waals surface area contributed by atoms with E-state index in [4.69, 9.17) is 9.57 Å². The van der Waals surface area contributed by atoms with Crippen molar-refractivity contribution < 1.29 is 18.0 Å². The highest BCUT2D eigenvalue weighted by Gasteiger charge is 2.18. The summed E-state index contributed by atoms with van der Waals surface area (Å²) in [5, 5.41) is 10.2. The number of nitrogens with one attached hydrogen (secondary N) is 2. The van der Waals surface area contributed by atoms with Gasteiger partial charge >= 0.3 is 0 Å². The Balaban J connectivity index is 1.37. The average molecular weight is 553 g/mol. The van der Waals surface area contributed by atoms with Crippen LogP contribution in [0.5, 0.6) is 5.75 Å². The summed E-state index contributed by atoms with van der Waals surface area (Å²) >= 11 is 0. The largest absolute Gasteiger partial charge is 0.489 e. The molecule has 0 amide bonds. The molecule has 0 aliphatic carbocycles. The van der Waals surface area contributed by atoms with Crippen molar-refractivity contribution in [2.24, 2.45) is 0 Å². The topological polar surface area (TPSA) is 109 Å². The highest BCUT2D eigenvalue weighted by molar-refractivity contribution is 7.90. The maximum Gasteiger partial charge on any atom is 0.148 e. The fourth-order valence-electron chi connectivity index (χ4n) is 4.07. The molecule has 0 saturated carbocycles. The zero-order valence-electron chi connectivity index (χ0n) is 22.6. The quantitative estimate of drug-likeness (QED) is 0.286. The summed E-state index contributed by atoms with van der Waals surface area (Å²) in [7, 11) is 0.585. The molecule has 0 fully saturated rings. The molecule has 1 aliphatic heterocycles. The van der Waals surface area contributed by atoms with Crippen LogP contribution in [-0.4, -0.2) is 80.3 Å². The third-order valence-electron chi connectivity index (χ3n) is 6.25. The third-order valence-corrected chi connectivity index (χ3v) is 7.18. The van der Waals surface area contributed by atoms with Gasteiger partial charge in [0.05, 0.1) is 24.4 Å². The molecule has 1 unspecified atom stereocenters. The second kappa shape index (κ2) is 13.5. The molecule has 0 bridgehead atoms. The van der Waals surface area contributed by atoms with E-state index in [0.29, 0.717) is 25.5 Å². The molecule has 2 N–H and O–H groups in total. The van der Waals surface area contributed by atoms with Gasteiger partial charge in [-0.05, 0) is 62.5 Å². The minimum atomic E-state index is -2.96. The van der Waals surface area contributed by atoms with Crippen LogP contribution in [0.2, 0.25) is 0 Å². The van der Waals surface area contributed by atoms with Crippen LogP contribution in [0, 0.1) is 0 Å². The summed E-state index contributed by atoms with van der Waals surface area (Å²) in [6, 6.07) is 17.8. The first-order valence-electron chi connectivity index (χ1n) is 12.8. The van der Waals surface area contributed by atoms with Crippen LogP contribution in [-0.2, 0) is 21.3 Å². The van der Waals surface area contributed by atoms with E-state index in [1.54, 1.807) is 12.2 Å². The Morgan fingerprint density at radius 1 is 1.05 bits per heavy atom. The lowest BCUT2D eigenvalue weighted by Gasteiger charge is -2.29. The van der Waals surface area contributed by atoms with Gasteiger partial charge in [0.1, 0.15) is 40.5 Å². The maximum absolute atomic E-state index is 11.4. The fourth-order valence-corrected chi connectivity index (χ4v) is 4.71. The molecular weight excluding hydrogens is 516 g/mol. The first kappa shape index (κ1) is 28.5. The van der Waals surface area contributed by atoms with E-state index in [9.17, 15) is 8.42 Å². The van der Waals surface area contributed by atoms with Crippen LogP contribution in [0.15, 0.2) is 60.9 Å². The van der Waals surface area contributed by atoms with Crippen molar-refractivity contribution in [2.45, 2.75) is 19.2 Å². The standard InChI is InChI=1S/C28H36N6O4S/c1-33(16-17-39(3,35)36)15-7-14-29-27-18-25-26(19-34(27)37-2)30-21-31-28(25)32-23-10-12-24(13-11-23)38-20-22-8-5-4-6-9-22/h4-6,8-13,18-19,21,27,29H,7,14-17,20H2,1-3H3,(H,30,31,32). The number of rotatable bonds is 14. The number of benzene rings is 2. The van der Waals surface area contributed by atoms with Gasteiger partial charge in [-0.1, -0.05) is 30.3 Å². The van der Waals surface area contributed by atoms with Crippen molar-refractivity contribution in [1.82, 2.24) is 25.2 Å². The van der Waals surface area contributed by atoms with Crippen LogP contribution in [0.25, 0.3) is 12.3 Å². The van der Waals surface area contributed by atoms with Gasteiger partial charge in [0.15, 0.2) is 0 Å². The second-order valence-electron chi connectivity index (χ2n) is 9.47. The summed E-state index contributed by atoms with van der Waals surface area (Å²) < 4.78 is 28.7. The van der Waals surface area contributed by atoms with E-state index in [-0.39, 0.29) is 11.9 Å². The lowest BCUT2D eigenvalue weighted by molar-refractivity contribution is -0.0945. The molecule has 1 aliphatic rings. The zero-order valence-corrected chi connectivity index (χ0v) is 23.4. The number of ether oxygens (including phenoxy) is 1. The smallest absolute Gasteiger partial charge is 0.148 e. The SMILES string of the molecule is CON1C=c2ncnc(Nc3ccc(OCc4ccccc4)cc3)c2=CC1NCCCN(C)CCS(C)(=O)=O. The molecule has 2 heterocycles. The summed E-state index contributed by atoms with van der Waals surface area (Å²) in [5.74, 6) is 1.64. The Bertz CT molecular complexity index is 1440. The van der Waals surface area contributed by atoms with Crippen LogP contribution in [0.1, 0.15) is 12.0 Å². The summed E-state index contributed by atoms with van der Waals surface area (Å²) in [6.45, 7) is 2.53. The van der Waals surface area contributed by atoms with Gasteiger partial charge in [-0.25, -0.2) is 23.4 Å². The van der Waals surface area contributed by atoms with Gasteiger partial charge in [-0.2, -0.15) is 0 Å². The molecular formula is C28H36N6O4S. The number of aromatic nitrogens is 2. The first-order valence-corrected chi connectivity index (χ1v) is 14.9. The van der Waals surface area contributed by atoms with Crippen molar-refractivity contribution in [3.63, 3.8) is 0 Å². The minimum Gasteiger partial charge on any atom is -0.489 e. The van der Waals surface area contributed by atoms with E-state index in [2.05, 4.69) is 20.6 Å². The molecule has 4 rings (SSSR count). The average Bonchev–Trinajstić information content (AvgIpc) is 2.94. The maximum atomic E-state index is 11.4. The molecule has 1 aromatic heterocycles. The predicted octanol–water partition coefficient (Wildman–Crippen LogP) is 1.48. The molecule has 0 saturated heterocycles. The Labute approximate surface area is 229 Å². The summed E-state index contributed by atoms with van der Waals surface area (Å²) in [5.41, 5.74) is 2.00. The van der Waals surface area contributed by atoms with Crippen molar-refractivity contribution in [1.29, 1.82) is 0 Å². The third kappa shape index (κ3) is 8.75. The van der Waals surface area contributed by atoms with Crippen LogP contribution in [0.4, 0.5) is 11.5 Å². The second-order valence-corrected chi connectivity index (χ2v) is 11.7.